The summed E-state index contributed by atoms with van der Waals surface area (Å²) in [5.74, 6) is 0.522. The average molecular weight is 261 g/mol. The summed E-state index contributed by atoms with van der Waals surface area (Å²) in [5, 5.41) is 3.06. The molecule has 1 aromatic rings. The number of nitrogens with one attached hydrogen (secondary N) is 1. The Kier molecular flexibility index (Phi) is 4.43. The lowest BCUT2D eigenvalue weighted by molar-refractivity contribution is -0.120. The van der Waals surface area contributed by atoms with Gasteiger partial charge >= 0.3 is 0 Å². The van der Waals surface area contributed by atoms with Crippen molar-refractivity contribution in [1.29, 1.82) is 0 Å². The number of anilines is 2. The van der Waals surface area contributed by atoms with Gasteiger partial charge in [-0.3, -0.25) is 4.79 Å². The Balaban J connectivity index is 2.11. The fraction of sp³-hybridized carbons (Fsp3) is 0.533. The van der Waals surface area contributed by atoms with Gasteiger partial charge in [-0.1, -0.05) is 18.6 Å². The van der Waals surface area contributed by atoms with Gasteiger partial charge in [0.05, 0.1) is 11.4 Å². The van der Waals surface area contributed by atoms with Crippen molar-refractivity contribution in [2.24, 2.45) is 17.6 Å². The smallest absolute Gasteiger partial charge is 0.227 e. The number of hydrogen-bond acceptors (Lipinski definition) is 3. The second kappa shape index (κ2) is 6.06. The lowest BCUT2D eigenvalue weighted by Crippen LogP contribution is -2.30. The van der Waals surface area contributed by atoms with Gasteiger partial charge in [0.15, 0.2) is 0 Å². The van der Waals surface area contributed by atoms with E-state index in [1.165, 1.54) is 0 Å². The van der Waals surface area contributed by atoms with E-state index in [-0.39, 0.29) is 11.8 Å². The topological polar surface area (TPSA) is 58.4 Å². The molecule has 0 aliphatic heterocycles. The summed E-state index contributed by atoms with van der Waals surface area (Å²) in [6.45, 7) is 0.605. The van der Waals surface area contributed by atoms with Gasteiger partial charge in [-0.25, -0.2) is 0 Å². The number of amides is 1. The highest BCUT2D eigenvalue weighted by Crippen LogP contribution is 2.33. The maximum atomic E-state index is 12.4. The standard InChI is InChI=1S/C15H23N3O/c1-18(2)14-9-4-3-8-13(14)17-15(19)12-7-5-6-11(12)10-16/h3-4,8-9,11-12H,5-7,10,16H2,1-2H3,(H,17,19)/t11-,12-/m1/s1. The first-order valence-corrected chi connectivity index (χ1v) is 6.90. The molecule has 3 N–H and O–H groups in total. The van der Waals surface area contributed by atoms with Gasteiger partial charge in [-0.15, -0.1) is 0 Å². The minimum absolute atomic E-state index is 0.0696. The fourth-order valence-corrected chi connectivity index (χ4v) is 2.86. The van der Waals surface area contributed by atoms with Gasteiger partial charge in [-0.2, -0.15) is 0 Å². The maximum absolute atomic E-state index is 12.4. The first-order valence-electron chi connectivity index (χ1n) is 6.90. The van der Waals surface area contributed by atoms with E-state index in [1.54, 1.807) is 0 Å². The van der Waals surface area contributed by atoms with Crippen LogP contribution in [-0.2, 0) is 4.79 Å². The number of nitrogens with zero attached hydrogens (tertiary/aromatic N) is 1. The molecular weight excluding hydrogens is 238 g/mol. The summed E-state index contributed by atoms with van der Waals surface area (Å²) in [4.78, 5) is 14.4. The van der Waals surface area contributed by atoms with Crippen LogP contribution in [0.25, 0.3) is 0 Å². The zero-order chi connectivity index (χ0) is 13.8. The molecule has 4 nitrogen and oxygen atoms in total. The zero-order valence-corrected chi connectivity index (χ0v) is 11.7. The number of benzene rings is 1. The van der Waals surface area contributed by atoms with Gasteiger partial charge in [0.25, 0.3) is 0 Å². The van der Waals surface area contributed by atoms with E-state index in [2.05, 4.69) is 5.32 Å². The average Bonchev–Trinajstić information content (AvgIpc) is 2.87. The predicted octanol–water partition coefficient (Wildman–Crippen LogP) is 2.07. The first-order chi connectivity index (χ1) is 9.13. The van der Waals surface area contributed by atoms with E-state index in [0.717, 1.165) is 30.6 Å². The van der Waals surface area contributed by atoms with E-state index >= 15 is 0 Å². The molecular formula is C15H23N3O. The van der Waals surface area contributed by atoms with Crippen LogP contribution in [0.1, 0.15) is 19.3 Å². The number of nitrogens with two attached hydrogens (primary N) is 1. The molecule has 1 aliphatic rings. The van der Waals surface area contributed by atoms with Gasteiger partial charge in [0, 0.05) is 20.0 Å². The molecule has 1 aromatic carbocycles. The summed E-state index contributed by atoms with van der Waals surface area (Å²) < 4.78 is 0. The van der Waals surface area contributed by atoms with Gasteiger partial charge < -0.3 is 16.0 Å². The van der Waals surface area contributed by atoms with Crippen LogP contribution < -0.4 is 16.0 Å². The molecule has 0 unspecified atom stereocenters. The third-order valence-electron chi connectivity index (χ3n) is 3.94. The lowest BCUT2D eigenvalue weighted by atomic mass is 9.95. The van der Waals surface area contributed by atoms with Crippen molar-refractivity contribution >= 4 is 17.3 Å². The van der Waals surface area contributed by atoms with Crippen LogP contribution in [-0.4, -0.2) is 26.5 Å². The molecule has 2 rings (SSSR count). The van der Waals surface area contributed by atoms with Crippen LogP contribution in [0.4, 0.5) is 11.4 Å². The Hall–Kier alpha value is -1.55. The van der Waals surface area contributed by atoms with E-state index in [4.69, 9.17) is 5.73 Å². The van der Waals surface area contributed by atoms with Gasteiger partial charge in [0.1, 0.15) is 0 Å². The van der Waals surface area contributed by atoms with Gasteiger partial charge in [0.2, 0.25) is 5.91 Å². The van der Waals surface area contributed by atoms with E-state index in [1.807, 2.05) is 43.3 Å². The first kappa shape index (κ1) is 13.9. The molecule has 1 amide bonds. The minimum Gasteiger partial charge on any atom is -0.376 e. The maximum Gasteiger partial charge on any atom is 0.227 e. The van der Waals surface area contributed by atoms with Crippen molar-refractivity contribution in [1.82, 2.24) is 0 Å². The molecule has 0 saturated heterocycles. The normalized spacial score (nSPS) is 22.3. The third-order valence-corrected chi connectivity index (χ3v) is 3.94. The lowest BCUT2D eigenvalue weighted by Gasteiger charge is -2.21. The highest BCUT2D eigenvalue weighted by Gasteiger charge is 2.32. The molecule has 1 fully saturated rings. The molecule has 0 radical (unpaired) electrons. The molecule has 104 valence electrons. The van der Waals surface area contributed by atoms with Crippen molar-refractivity contribution < 1.29 is 4.79 Å². The Morgan fingerprint density at radius 2 is 2.11 bits per heavy atom. The molecule has 0 heterocycles. The molecule has 1 aliphatic carbocycles. The summed E-state index contributed by atoms with van der Waals surface area (Å²) in [6.07, 6.45) is 3.14. The summed E-state index contributed by atoms with van der Waals surface area (Å²) in [5.41, 5.74) is 7.65. The second-order valence-corrected chi connectivity index (χ2v) is 5.43. The summed E-state index contributed by atoms with van der Waals surface area (Å²) in [6, 6.07) is 7.87. The number of carbonyl (C=O) groups is 1. The minimum atomic E-state index is 0.0696. The van der Waals surface area contributed by atoms with Crippen LogP contribution in [0.5, 0.6) is 0 Å². The third kappa shape index (κ3) is 3.07. The molecule has 0 aromatic heterocycles. The Labute approximate surface area is 115 Å². The van der Waals surface area contributed by atoms with Crippen molar-refractivity contribution in [3.05, 3.63) is 24.3 Å². The molecule has 0 spiro atoms. The van der Waals surface area contributed by atoms with E-state index in [0.29, 0.717) is 12.5 Å². The zero-order valence-electron chi connectivity index (χ0n) is 11.7. The summed E-state index contributed by atoms with van der Waals surface area (Å²) >= 11 is 0. The van der Waals surface area contributed by atoms with Crippen LogP contribution in [0.15, 0.2) is 24.3 Å². The number of carbonyl (C=O) groups excluding carboxylic acids is 1. The Morgan fingerprint density at radius 3 is 2.79 bits per heavy atom. The molecule has 4 heteroatoms. The molecule has 1 saturated carbocycles. The van der Waals surface area contributed by atoms with Crippen molar-refractivity contribution in [2.45, 2.75) is 19.3 Å². The van der Waals surface area contributed by atoms with E-state index in [9.17, 15) is 4.79 Å². The van der Waals surface area contributed by atoms with Gasteiger partial charge in [-0.05, 0) is 37.4 Å². The van der Waals surface area contributed by atoms with Crippen molar-refractivity contribution in [2.75, 3.05) is 30.9 Å². The Morgan fingerprint density at radius 1 is 1.37 bits per heavy atom. The number of hydrogen-bond donors (Lipinski definition) is 2. The monoisotopic (exact) mass is 261 g/mol. The largest absolute Gasteiger partial charge is 0.376 e. The summed E-state index contributed by atoms with van der Waals surface area (Å²) in [7, 11) is 3.95. The second-order valence-electron chi connectivity index (χ2n) is 5.43. The van der Waals surface area contributed by atoms with Crippen LogP contribution in [0.3, 0.4) is 0 Å². The highest BCUT2D eigenvalue weighted by molar-refractivity contribution is 5.96. The SMILES string of the molecule is CN(C)c1ccccc1NC(=O)[C@@H]1CCC[C@@H]1CN. The predicted molar refractivity (Wildman–Crippen MR) is 79.3 cm³/mol. The fourth-order valence-electron chi connectivity index (χ4n) is 2.86. The Bertz CT molecular complexity index is 445. The van der Waals surface area contributed by atoms with Crippen molar-refractivity contribution in [3.63, 3.8) is 0 Å². The quantitative estimate of drug-likeness (QED) is 0.872. The highest BCUT2D eigenvalue weighted by atomic mass is 16.1. The molecule has 0 bridgehead atoms. The molecule has 2 atom stereocenters. The number of rotatable bonds is 4. The number of para-hydroxylation sites is 2. The van der Waals surface area contributed by atoms with Crippen LogP contribution in [0, 0.1) is 11.8 Å². The molecule has 19 heavy (non-hydrogen) atoms. The van der Waals surface area contributed by atoms with Crippen molar-refractivity contribution in [3.8, 4) is 0 Å². The van der Waals surface area contributed by atoms with Crippen LogP contribution >= 0.6 is 0 Å². The van der Waals surface area contributed by atoms with Crippen LogP contribution in [0.2, 0.25) is 0 Å². The van der Waals surface area contributed by atoms with E-state index < -0.39 is 0 Å².